The summed E-state index contributed by atoms with van der Waals surface area (Å²) in [5.74, 6) is 0.284. The first kappa shape index (κ1) is 20.5. The Morgan fingerprint density at radius 2 is 1.67 bits per heavy atom. The van der Waals surface area contributed by atoms with E-state index in [0.29, 0.717) is 29.2 Å². The largest absolute Gasteiger partial charge is 0.493 e. The molecular formula is C22H28N2O3. The van der Waals surface area contributed by atoms with Gasteiger partial charge in [0.05, 0.1) is 12.2 Å². The number of amides is 2. The first-order chi connectivity index (χ1) is 13.0. The normalized spacial score (nSPS) is 10.3. The van der Waals surface area contributed by atoms with Crippen molar-refractivity contribution in [3.8, 4) is 5.75 Å². The second-order valence-corrected chi connectivity index (χ2v) is 6.64. The highest BCUT2D eigenvalue weighted by atomic mass is 16.5. The number of unbranched alkanes of at least 4 members (excludes halogenated alkanes) is 3. The molecule has 0 aliphatic rings. The van der Waals surface area contributed by atoms with Crippen LogP contribution in [0.15, 0.2) is 48.5 Å². The number of anilines is 1. The van der Waals surface area contributed by atoms with E-state index in [-0.39, 0.29) is 11.8 Å². The van der Waals surface area contributed by atoms with Gasteiger partial charge < -0.3 is 15.0 Å². The Morgan fingerprint density at radius 3 is 2.33 bits per heavy atom. The first-order valence-electron chi connectivity index (χ1n) is 9.37. The molecular weight excluding hydrogens is 340 g/mol. The van der Waals surface area contributed by atoms with Gasteiger partial charge in [0.2, 0.25) is 0 Å². The molecule has 2 rings (SSSR count). The third-order valence-electron chi connectivity index (χ3n) is 4.18. The molecule has 5 heteroatoms. The predicted octanol–water partition coefficient (Wildman–Crippen LogP) is 4.60. The van der Waals surface area contributed by atoms with Gasteiger partial charge in [-0.05, 0) is 42.8 Å². The van der Waals surface area contributed by atoms with Crippen molar-refractivity contribution in [2.24, 2.45) is 0 Å². The second kappa shape index (κ2) is 10.4. The van der Waals surface area contributed by atoms with Gasteiger partial charge in [-0.2, -0.15) is 0 Å². The number of rotatable bonds is 9. The van der Waals surface area contributed by atoms with Crippen molar-refractivity contribution in [1.82, 2.24) is 4.90 Å². The summed E-state index contributed by atoms with van der Waals surface area (Å²) in [5, 5.41) is 2.86. The van der Waals surface area contributed by atoms with E-state index in [2.05, 4.69) is 12.2 Å². The number of nitrogens with one attached hydrogen (secondary N) is 1. The highest BCUT2D eigenvalue weighted by Gasteiger charge is 2.13. The van der Waals surface area contributed by atoms with E-state index in [1.165, 1.54) is 17.7 Å². The monoisotopic (exact) mass is 368 g/mol. The molecule has 2 aromatic rings. The average molecular weight is 368 g/mol. The lowest BCUT2D eigenvalue weighted by molar-refractivity contribution is 0.0827. The number of hydrogen-bond donors (Lipinski definition) is 1. The van der Waals surface area contributed by atoms with E-state index in [9.17, 15) is 9.59 Å². The van der Waals surface area contributed by atoms with Crippen LogP contribution in [0.25, 0.3) is 0 Å². The maximum atomic E-state index is 12.6. The number of hydrogen-bond acceptors (Lipinski definition) is 3. The zero-order chi connectivity index (χ0) is 19.6. The second-order valence-electron chi connectivity index (χ2n) is 6.64. The molecule has 2 amide bonds. The molecule has 1 N–H and O–H groups in total. The Morgan fingerprint density at radius 1 is 0.963 bits per heavy atom. The number of nitrogens with zero attached hydrogens (tertiary/aromatic N) is 1. The van der Waals surface area contributed by atoms with Gasteiger partial charge in [0.25, 0.3) is 11.8 Å². The lowest BCUT2D eigenvalue weighted by atomic mass is 10.1. The van der Waals surface area contributed by atoms with Gasteiger partial charge in [0, 0.05) is 25.3 Å². The quantitative estimate of drug-likeness (QED) is 0.658. The van der Waals surface area contributed by atoms with Crippen LogP contribution in [0.2, 0.25) is 0 Å². The van der Waals surface area contributed by atoms with Crippen LogP contribution in [0.5, 0.6) is 5.75 Å². The molecule has 0 heterocycles. The van der Waals surface area contributed by atoms with Crippen LogP contribution in [-0.2, 0) is 0 Å². The predicted molar refractivity (Wildman–Crippen MR) is 108 cm³/mol. The molecule has 0 aliphatic heterocycles. The van der Waals surface area contributed by atoms with Crippen molar-refractivity contribution in [2.45, 2.75) is 32.6 Å². The zero-order valence-electron chi connectivity index (χ0n) is 16.3. The molecule has 0 aromatic heterocycles. The SMILES string of the molecule is CCCCCCOc1ccccc1C(=O)Nc1ccc(C(=O)N(C)C)cc1. The van der Waals surface area contributed by atoms with Crippen molar-refractivity contribution in [3.05, 3.63) is 59.7 Å². The van der Waals surface area contributed by atoms with Crippen molar-refractivity contribution >= 4 is 17.5 Å². The van der Waals surface area contributed by atoms with Gasteiger partial charge >= 0.3 is 0 Å². The summed E-state index contributed by atoms with van der Waals surface area (Å²) in [6.07, 6.45) is 4.48. The molecule has 2 aromatic carbocycles. The summed E-state index contributed by atoms with van der Waals surface area (Å²) in [6, 6.07) is 14.1. The standard InChI is InChI=1S/C22H28N2O3/c1-4-5-6-9-16-27-20-11-8-7-10-19(20)21(25)23-18-14-12-17(13-15-18)22(26)24(2)3/h7-8,10-15H,4-6,9,16H2,1-3H3,(H,23,25). The lowest BCUT2D eigenvalue weighted by Crippen LogP contribution is -2.21. The number of carbonyl (C=O) groups is 2. The Labute approximate surface area is 161 Å². The summed E-state index contributed by atoms with van der Waals surface area (Å²) in [6.45, 7) is 2.77. The average Bonchev–Trinajstić information content (AvgIpc) is 2.68. The maximum absolute atomic E-state index is 12.6. The molecule has 0 atom stereocenters. The first-order valence-corrected chi connectivity index (χ1v) is 9.37. The minimum absolute atomic E-state index is 0.0744. The molecule has 0 fully saturated rings. The van der Waals surface area contributed by atoms with Crippen molar-refractivity contribution in [1.29, 1.82) is 0 Å². The Hall–Kier alpha value is -2.82. The van der Waals surface area contributed by atoms with Crippen molar-refractivity contribution in [3.63, 3.8) is 0 Å². The molecule has 5 nitrogen and oxygen atoms in total. The van der Waals surface area contributed by atoms with Gasteiger partial charge in [0.1, 0.15) is 5.75 Å². The fraction of sp³-hybridized carbons (Fsp3) is 0.364. The molecule has 0 radical (unpaired) electrons. The smallest absolute Gasteiger partial charge is 0.259 e. The van der Waals surface area contributed by atoms with Gasteiger partial charge in [-0.3, -0.25) is 9.59 Å². The van der Waals surface area contributed by atoms with E-state index >= 15 is 0 Å². The molecule has 0 aliphatic carbocycles. The summed E-state index contributed by atoms with van der Waals surface area (Å²) >= 11 is 0. The van der Waals surface area contributed by atoms with Gasteiger partial charge in [-0.25, -0.2) is 0 Å². The van der Waals surface area contributed by atoms with Gasteiger partial charge in [-0.15, -0.1) is 0 Å². The molecule has 144 valence electrons. The molecule has 0 saturated heterocycles. The molecule has 0 saturated carbocycles. The lowest BCUT2D eigenvalue weighted by Gasteiger charge is -2.13. The number of benzene rings is 2. The molecule has 0 unspecified atom stereocenters. The van der Waals surface area contributed by atoms with E-state index in [1.807, 2.05) is 18.2 Å². The van der Waals surface area contributed by atoms with E-state index < -0.39 is 0 Å². The highest BCUT2D eigenvalue weighted by molar-refractivity contribution is 6.06. The van der Waals surface area contributed by atoms with Gasteiger partial charge in [0.15, 0.2) is 0 Å². The zero-order valence-corrected chi connectivity index (χ0v) is 16.3. The van der Waals surface area contributed by atoms with E-state index in [0.717, 1.165) is 12.8 Å². The minimum Gasteiger partial charge on any atom is -0.493 e. The molecule has 27 heavy (non-hydrogen) atoms. The van der Waals surface area contributed by atoms with Crippen LogP contribution >= 0.6 is 0 Å². The summed E-state index contributed by atoms with van der Waals surface area (Å²) < 4.78 is 5.81. The Bertz CT molecular complexity index is 754. The summed E-state index contributed by atoms with van der Waals surface area (Å²) in [5.41, 5.74) is 1.71. The minimum atomic E-state index is -0.231. The van der Waals surface area contributed by atoms with Crippen LogP contribution < -0.4 is 10.1 Å². The summed E-state index contributed by atoms with van der Waals surface area (Å²) in [7, 11) is 3.41. The fourth-order valence-corrected chi connectivity index (χ4v) is 2.64. The van der Waals surface area contributed by atoms with Gasteiger partial charge in [-0.1, -0.05) is 38.3 Å². The Balaban J connectivity index is 2.00. The van der Waals surface area contributed by atoms with Crippen LogP contribution in [0, 0.1) is 0 Å². The topological polar surface area (TPSA) is 58.6 Å². The van der Waals surface area contributed by atoms with Crippen LogP contribution in [0.1, 0.15) is 53.3 Å². The Kier molecular flexibility index (Phi) is 7.86. The van der Waals surface area contributed by atoms with E-state index in [4.69, 9.17) is 4.74 Å². The van der Waals surface area contributed by atoms with Crippen molar-refractivity contribution in [2.75, 3.05) is 26.0 Å². The van der Waals surface area contributed by atoms with Crippen LogP contribution in [-0.4, -0.2) is 37.4 Å². The highest BCUT2D eigenvalue weighted by Crippen LogP contribution is 2.20. The molecule has 0 spiro atoms. The van der Waals surface area contributed by atoms with E-state index in [1.54, 1.807) is 44.4 Å². The van der Waals surface area contributed by atoms with Crippen LogP contribution in [0.4, 0.5) is 5.69 Å². The summed E-state index contributed by atoms with van der Waals surface area (Å²) in [4.78, 5) is 26.1. The third-order valence-corrected chi connectivity index (χ3v) is 4.18. The van der Waals surface area contributed by atoms with Crippen LogP contribution in [0.3, 0.4) is 0 Å². The third kappa shape index (κ3) is 6.13. The fourth-order valence-electron chi connectivity index (χ4n) is 2.64. The number of ether oxygens (including phenoxy) is 1. The molecule has 0 bridgehead atoms. The number of para-hydroxylation sites is 1. The maximum Gasteiger partial charge on any atom is 0.259 e. The van der Waals surface area contributed by atoms with Crippen molar-refractivity contribution < 1.29 is 14.3 Å². The number of carbonyl (C=O) groups excluding carboxylic acids is 2.